The second-order valence-corrected chi connectivity index (χ2v) is 4.32. The Hall–Kier alpha value is -1.31. The van der Waals surface area contributed by atoms with Crippen molar-refractivity contribution >= 4 is 5.97 Å². The Labute approximate surface area is 90.3 Å². The van der Waals surface area contributed by atoms with Crippen LogP contribution in [0.15, 0.2) is 24.3 Å². The van der Waals surface area contributed by atoms with E-state index in [0.717, 1.165) is 12.8 Å². The molecule has 0 amide bonds. The zero-order valence-electron chi connectivity index (χ0n) is 9.19. The molecule has 0 saturated carbocycles. The molecule has 0 heterocycles. The summed E-state index contributed by atoms with van der Waals surface area (Å²) in [5, 5.41) is 0. The topological polar surface area (TPSA) is 26.3 Å². The Bertz CT molecular complexity index is 369. The number of hydrogen-bond acceptors (Lipinski definition) is 2. The second kappa shape index (κ2) is 4.05. The number of carbonyl (C=O) groups is 1. The molecule has 0 N–H and O–H groups in total. The van der Waals surface area contributed by atoms with Crippen molar-refractivity contribution in [2.45, 2.75) is 32.8 Å². The lowest BCUT2D eigenvalue weighted by atomic mass is 10.1. The third kappa shape index (κ3) is 2.04. The summed E-state index contributed by atoms with van der Waals surface area (Å²) < 4.78 is 5.46. The van der Waals surface area contributed by atoms with Crippen LogP contribution in [0.4, 0.5) is 0 Å². The molecule has 0 bridgehead atoms. The molecule has 2 nitrogen and oxygen atoms in total. The lowest BCUT2D eigenvalue weighted by molar-refractivity contribution is -0.153. The first-order chi connectivity index (χ1) is 7.18. The molecule has 1 atom stereocenters. The van der Waals surface area contributed by atoms with Gasteiger partial charge in [-0.3, -0.25) is 4.79 Å². The van der Waals surface area contributed by atoms with Crippen molar-refractivity contribution in [1.29, 1.82) is 0 Å². The first-order valence-electron chi connectivity index (χ1n) is 5.47. The molecule has 80 valence electrons. The van der Waals surface area contributed by atoms with E-state index in [1.807, 2.05) is 26.0 Å². The van der Waals surface area contributed by atoms with Gasteiger partial charge in [0.2, 0.25) is 0 Å². The number of rotatable bonds is 2. The summed E-state index contributed by atoms with van der Waals surface area (Å²) in [5.74, 6) is -0.144. The van der Waals surface area contributed by atoms with E-state index in [0.29, 0.717) is 0 Å². The van der Waals surface area contributed by atoms with Crippen LogP contribution in [0.1, 0.15) is 37.5 Å². The third-order valence-electron chi connectivity index (χ3n) is 2.81. The van der Waals surface area contributed by atoms with Crippen LogP contribution >= 0.6 is 0 Å². The average molecular weight is 204 g/mol. The van der Waals surface area contributed by atoms with Crippen molar-refractivity contribution < 1.29 is 9.53 Å². The van der Waals surface area contributed by atoms with Crippen molar-refractivity contribution in [2.24, 2.45) is 5.92 Å². The number of aryl methyl sites for hydroxylation is 1. The molecule has 15 heavy (non-hydrogen) atoms. The maximum atomic E-state index is 11.5. The summed E-state index contributed by atoms with van der Waals surface area (Å²) >= 11 is 0. The van der Waals surface area contributed by atoms with Gasteiger partial charge >= 0.3 is 5.97 Å². The van der Waals surface area contributed by atoms with Crippen molar-refractivity contribution in [3.05, 3.63) is 35.4 Å². The van der Waals surface area contributed by atoms with Crippen LogP contribution in [0, 0.1) is 5.92 Å². The molecular weight excluding hydrogens is 188 g/mol. The standard InChI is InChI=1S/C13H16O2/c1-9(2)13(14)15-12-8-7-10-5-3-4-6-11(10)12/h3-6,9,12H,7-8H2,1-2H3. The highest BCUT2D eigenvalue weighted by molar-refractivity contribution is 5.72. The Morgan fingerprint density at radius 1 is 1.40 bits per heavy atom. The number of hydrogen-bond donors (Lipinski definition) is 0. The van der Waals surface area contributed by atoms with Crippen LogP contribution in [0.25, 0.3) is 0 Å². The van der Waals surface area contributed by atoms with E-state index < -0.39 is 0 Å². The zero-order chi connectivity index (χ0) is 10.8. The molecule has 0 aromatic heterocycles. The van der Waals surface area contributed by atoms with Crippen molar-refractivity contribution in [1.82, 2.24) is 0 Å². The summed E-state index contributed by atoms with van der Waals surface area (Å²) in [4.78, 5) is 11.5. The minimum atomic E-state index is -0.100. The van der Waals surface area contributed by atoms with Crippen LogP contribution < -0.4 is 0 Å². The highest BCUT2D eigenvalue weighted by atomic mass is 16.5. The maximum Gasteiger partial charge on any atom is 0.308 e. The van der Waals surface area contributed by atoms with Crippen LogP contribution in [-0.4, -0.2) is 5.97 Å². The van der Waals surface area contributed by atoms with Crippen LogP contribution in [0.5, 0.6) is 0 Å². The summed E-state index contributed by atoms with van der Waals surface area (Å²) in [6.45, 7) is 3.73. The zero-order valence-corrected chi connectivity index (χ0v) is 9.19. The van der Waals surface area contributed by atoms with Crippen LogP contribution in [0.3, 0.4) is 0 Å². The highest BCUT2D eigenvalue weighted by Crippen LogP contribution is 2.34. The fourth-order valence-corrected chi connectivity index (χ4v) is 1.92. The van der Waals surface area contributed by atoms with Gasteiger partial charge in [-0.25, -0.2) is 0 Å². The van der Waals surface area contributed by atoms with Gasteiger partial charge < -0.3 is 4.74 Å². The normalized spacial score (nSPS) is 19.0. The first-order valence-corrected chi connectivity index (χ1v) is 5.47. The molecule has 2 rings (SSSR count). The number of ether oxygens (including phenoxy) is 1. The van der Waals surface area contributed by atoms with Gasteiger partial charge in [0.15, 0.2) is 0 Å². The average Bonchev–Trinajstić information content (AvgIpc) is 2.62. The van der Waals surface area contributed by atoms with Crippen molar-refractivity contribution in [2.75, 3.05) is 0 Å². The van der Waals surface area contributed by atoms with Gasteiger partial charge in [0.1, 0.15) is 6.10 Å². The Morgan fingerprint density at radius 2 is 2.13 bits per heavy atom. The minimum Gasteiger partial charge on any atom is -0.457 e. The highest BCUT2D eigenvalue weighted by Gasteiger charge is 2.25. The van der Waals surface area contributed by atoms with E-state index in [-0.39, 0.29) is 18.0 Å². The van der Waals surface area contributed by atoms with Crippen molar-refractivity contribution in [3.63, 3.8) is 0 Å². The van der Waals surface area contributed by atoms with Crippen LogP contribution in [0.2, 0.25) is 0 Å². The Kier molecular flexibility index (Phi) is 2.76. The number of benzene rings is 1. The molecule has 0 radical (unpaired) electrons. The largest absolute Gasteiger partial charge is 0.457 e. The maximum absolute atomic E-state index is 11.5. The molecule has 0 aliphatic heterocycles. The Morgan fingerprint density at radius 3 is 2.87 bits per heavy atom. The summed E-state index contributed by atoms with van der Waals surface area (Å²) in [6.07, 6.45) is 1.93. The fourth-order valence-electron chi connectivity index (χ4n) is 1.92. The Balaban J connectivity index is 2.11. The molecule has 2 heteroatoms. The van der Waals surface area contributed by atoms with Crippen LogP contribution in [-0.2, 0) is 16.0 Å². The molecule has 1 aliphatic carbocycles. The summed E-state index contributed by atoms with van der Waals surface area (Å²) in [6, 6.07) is 8.20. The third-order valence-corrected chi connectivity index (χ3v) is 2.81. The van der Waals surface area contributed by atoms with Gasteiger partial charge in [0, 0.05) is 0 Å². The van der Waals surface area contributed by atoms with Gasteiger partial charge in [0.25, 0.3) is 0 Å². The SMILES string of the molecule is CC(C)C(=O)OC1CCc2ccccc21. The van der Waals surface area contributed by atoms with E-state index in [1.165, 1.54) is 11.1 Å². The van der Waals surface area contributed by atoms with E-state index in [1.54, 1.807) is 0 Å². The predicted octanol–water partition coefficient (Wildman–Crippen LogP) is 2.87. The second-order valence-electron chi connectivity index (χ2n) is 4.32. The molecule has 0 fully saturated rings. The van der Waals surface area contributed by atoms with Gasteiger partial charge in [-0.1, -0.05) is 38.1 Å². The number of fused-ring (bicyclic) bond motifs is 1. The number of carbonyl (C=O) groups excluding carboxylic acids is 1. The van der Waals surface area contributed by atoms with Gasteiger partial charge in [-0.2, -0.15) is 0 Å². The molecule has 1 aliphatic rings. The van der Waals surface area contributed by atoms with Gasteiger partial charge in [0.05, 0.1) is 5.92 Å². The van der Waals surface area contributed by atoms with E-state index in [2.05, 4.69) is 12.1 Å². The van der Waals surface area contributed by atoms with Gasteiger partial charge in [-0.05, 0) is 24.0 Å². The molecule has 1 aromatic rings. The molecule has 0 spiro atoms. The van der Waals surface area contributed by atoms with Gasteiger partial charge in [-0.15, -0.1) is 0 Å². The monoisotopic (exact) mass is 204 g/mol. The van der Waals surface area contributed by atoms with E-state index in [4.69, 9.17) is 4.74 Å². The first kappa shape index (κ1) is 10.2. The molecule has 1 unspecified atom stereocenters. The number of esters is 1. The minimum absolute atomic E-state index is 0.0175. The summed E-state index contributed by atoms with van der Waals surface area (Å²) in [5.41, 5.74) is 2.51. The molecule has 0 saturated heterocycles. The fraction of sp³-hybridized carbons (Fsp3) is 0.462. The lowest BCUT2D eigenvalue weighted by Crippen LogP contribution is -2.14. The van der Waals surface area contributed by atoms with Crippen molar-refractivity contribution in [3.8, 4) is 0 Å². The quantitative estimate of drug-likeness (QED) is 0.692. The molecular formula is C13H16O2. The lowest BCUT2D eigenvalue weighted by Gasteiger charge is -2.14. The predicted molar refractivity (Wildman–Crippen MR) is 58.4 cm³/mol. The van der Waals surface area contributed by atoms with E-state index >= 15 is 0 Å². The molecule has 1 aromatic carbocycles. The smallest absolute Gasteiger partial charge is 0.308 e. The summed E-state index contributed by atoms with van der Waals surface area (Å²) in [7, 11) is 0. The van der Waals surface area contributed by atoms with E-state index in [9.17, 15) is 4.79 Å².